The Morgan fingerprint density at radius 2 is 2.06 bits per heavy atom. The highest BCUT2D eigenvalue weighted by Crippen LogP contribution is 2.23. The minimum Gasteiger partial charge on any atom is -0.464 e. The van der Waals surface area contributed by atoms with Gasteiger partial charge in [0.25, 0.3) is 0 Å². The molecule has 0 heterocycles. The third-order valence-electron chi connectivity index (χ3n) is 2.68. The number of carbonyl (C=O) groups is 1. The summed E-state index contributed by atoms with van der Waals surface area (Å²) in [6, 6.07) is 3.33. The lowest BCUT2D eigenvalue weighted by atomic mass is 9.92. The molecule has 1 unspecified atom stereocenters. The van der Waals surface area contributed by atoms with E-state index in [1.165, 1.54) is 6.07 Å². The fourth-order valence-corrected chi connectivity index (χ4v) is 1.45. The van der Waals surface area contributed by atoms with Gasteiger partial charge in [0.15, 0.2) is 11.6 Å². The van der Waals surface area contributed by atoms with Gasteiger partial charge in [0.05, 0.1) is 6.61 Å². The summed E-state index contributed by atoms with van der Waals surface area (Å²) >= 11 is 0. The van der Waals surface area contributed by atoms with Crippen molar-refractivity contribution in [3.8, 4) is 0 Å². The summed E-state index contributed by atoms with van der Waals surface area (Å²) in [5.41, 5.74) is -0.873. The Morgan fingerprint density at radius 3 is 2.53 bits per heavy atom. The van der Waals surface area contributed by atoms with E-state index < -0.39 is 23.1 Å². The van der Waals surface area contributed by atoms with Crippen LogP contribution >= 0.6 is 0 Å². The summed E-state index contributed by atoms with van der Waals surface area (Å²) in [5.74, 6) is -2.47. The van der Waals surface area contributed by atoms with Crippen LogP contribution in [-0.4, -0.2) is 19.6 Å². The van der Waals surface area contributed by atoms with Crippen LogP contribution in [0.15, 0.2) is 18.2 Å². The fraction of sp³-hybridized carbons (Fsp3) is 0.417. The fourth-order valence-electron chi connectivity index (χ4n) is 1.45. The van der Waals surface area contributed by atoms with E-state index in [1.54, 1.807) is 20.9 Å². The van der Waals surface area contributed by atoms with Crippen LogP contribution in [0.5, 0.6) is 0 Å². The molecule has 0 saturated carbocycles. The maximum absolute atomic E-state index is 13.1. The molecule has 0 bridgehead atoms. The lowest BCUT2D eigenvalue weighted by Gasteiger charge is -2.27. The number of carbonyl (C=O) groups excluding carboxylic acids is 1. The normalized spacial score (nSPS) is 14.2. The van der Waals surface area contributed by atoms with E-state index >= 15 is 0 Å². The molecule has 3 nitrogen and oxygen atoms in total. The second-order valence-electron chi connectivity index (χ2n) is 3.72. The van der Waals surface area contributed by atoms with E-state index in [0.717, 1.165) is 12.1 Å². The number of ether oxygens (including phenoxy) is 1. The average Bonchev–Trinajstić information content (AvgIpc) is 2.32. The largest absolute Gasteiger partial charge is 0.464 e. The summed E-state index contributed by atoms with van der Waals surface area (Å²) in [5, 5.41) is 2.76. The lowest BCUT2D eigenvalue weighted by Crippen LogP contribution is -2.45. The highest BCUT2D eigenvalue weighted by molar-refractivity contribution is 5.82. The van der Waals surface area contributed by atoms with Crippen LogP contribution in [0.2, 0.25) is 0 Å². The number of likely N-dealkylation sites (N-methyl/N-ethyl adjacent to an activating group) is 1. The average molecular weight is 243 g/mol. The van der Waals surface area contributed by atoms with Gasteiger partial charge in [0.1, 0.15) is 5.54 Å². The van der Waals surface area contributed by atoms with Gasteiger partial charge < -0.3 is 10.1 Å². The Kier molecular flexibility index (Phi) is 4.17. The van der Waals surface area contributed by atoms with Crippen molar-refractivity contribution in [2.24, 2.45) is 0 Å². The zero-order chi connectivity index (χ0) is 13.1. The third-order valence-corrected chi connectivity index (χ3v) is 2.68. The Bertz CT molecular complexity index is 423. The zero-order valence-corrected chi connectivity index (χ0v) is 10.0. The molecule has 0 amide bonds. The predicted molar refractivity (Wildman–Crippen MR) is 59.4 cm³/mol. The van der Waals surface area contributed by atoms with E-state index in [4.69, 9.17) is 4.74 Å². The van der Waals surface area contributed by atoms with E-state index in [0.29, 0.717) is 5.56 Å². The number of hydrogen-bond donors (Lipinski definition) is 1. The van der Waals surface area contributed by atoms with Gasteiger partial charge in [-0.15, -0.1) is 0 Å². The second kappa shape index (κ2) is 5.23. The number of nitrogens with one attached hydrogen (secondary N) is 1. The molecule has 0 radical (unpaired) electrons. The van der Waals surface area contributed by atoms with Gasteiger partial charge in [0.2, 0.25) is 0 Å². The summed E-state index contributed by atoms with van der Waals surface area (Å²) < 4.78 is 30.9. The number of hydrogen-bond acceptors (Lipinski definition) is 3. The summed E-state index contributed by atoms with van der Waals surface area (Å²) in [4.78, 5) is 11.8. The molecule has 0 aliphatic rings. The SMILES string of the molecule is CCOC(=O)C(C)(NC)c1ccc(F)c(F)c1. The smallest absolute Gasteiger partial charge is 0.330 e. The molecule has 1 atom stereocenters. The van der Waals surface area contributed by atoms with Gasteiger partial charge in [-0.2, -0.15) is 0 Å². The minimum atomic E-state index is -1.19. The number of halogens is 2. The van der Waals surface area contributed by atoms with Crippen LogP contribution < -0.4 is 5.32 Å². The van der Waals surface area contributed by atoms with Crippen molar-refractivity contribution in [3.05, 3.63) is 35.4 Å². The Morgan fingerprint density at radius 1 is 1.41 bits per heavy atom. The van der Waals surface area contributed by atoms with Gasteiger partial charge >= 0.3 is 5.97 Å². The predicted octanol–water partition coefficient (Wildman–Crippen LogP) is 1.96. The molecule has 0 saturated heterocycles. The van der Waals surface area contributed by atoms with Gasteiger partial charge in [0, 0.05) is 0 Å². The highest BCUT2D eigenvalue weighted by Gasteiger charge is 2.35. The first-order chi connectivity index (χ1) is 7.95. The summed E-state index contributed by atoms with van der Waals surface area (Å²) in [6.07, 6.45) is 0. The molecule has 0 aromatic heterocycles. The van der Waals surface area contributed by atoms with Gasteiger partial charge in [-0.1, -0.05) is 6.07 Å². The van der Waals surface area contributed by atoms with Crippen molar-refractivity contribution in [2.75, 3.05) is 13.7 Å². The topological polar surface area (TPSA) is 38.3 Å². The minimum absolute atomic E-state index is 0.222. The molecule has 94 valence electrons. The maximum Gasteiger partial charge on any atom is 0.330 e. The van der Waals surface area contributed by atoms with Gasteiger partial charge in [-0.25, -0.2) is 13.6 Å². The van der Waals surface area contributed by atoms with Crippen LogP contribution in [0.1, 0.15) is 19.4 Å². The van der Waals surface area contributed by atoms with E-state index in [-0.39, 0.29) is 6.61 Å². The summed E-state index contributed by atoms with van der Waals surface area (Å²) in [7, 11) is 1.55. The van der Waals surface area contributed by atoms with Crippen molar-refractivity contribution < 1.29 is 18.3 Å². The van der Waals surface area contributed by atoms with Crippen molar-refractivity contribution in [1.29, 1.82) is 0 Å². The molecular formula is C12H15F2NO2. The molecule has 0 aliphatic carbocycles. The first kappa shape index (κ1) is 13.6. The van der Waals surface area contributed by atoms with Crippen LogP contribution in [0.4, 0.5) is 8.78 Å². The van der Waals surface area contributed by atoms with Gasteiger partial charge in [-0.05, 0) is 38.6 Å². The molecule has 5 heteroatoms. The molecule has 1 aromatic rings. The van der Waals surface area contributed by atoms with E-state index in [9.17, 15) is 13.6 Å². The first-order valence-electron chi connectivity index (χ1n) is 5.27. The first-order valence-corrected chi connectivity index (χ1v) is 5.27. The lowest BCUT2D eigenvalue weighted by molar-refractivity contribution is -0.150. The zero-order valence-electron chi connectivity index (χ0n) is 10.0. The Labute approximate surface area is 98.8 Å². The number of esters is 1. The Hall–Kier alpha value is -1.49. The molecule has 1 aromatic carbocycles. The van der Waals surface area contributed by atoms with E-state index in [2.05, 4.69) is 5.32 Å². The molecule has 0 aliphatic heterocycles. The molecule has 1 rings (SSSR count). The quantitative estimate of drug-likeness (QED) is 0.821. The monoisotopic (exact) mass is 243 g/mol. The van der Waals surface area contributed by atoms with Crippen LogP contribution in [0.3, 0.4) is 0 Å². The third kappa shape index (κ3) is 2.61. The maximum atomic E-state index is 13.1. The van der Waals surface area contributed by atoms with Gasteiger partial charge in [-0.3, -0.25) is 0 Å². The van der Waals surface area contributed by atoms with Crippen LogP contribution in [-0.2, 0) is 15.1 Å². The van der Waals surface area contributed by atoms with Crippen LogP contribution in [0, 0.1) is 11.6 Å². The van der Waals surface area contributed by atoms with Crippen molar-refractivity contribution in [2.45, 2.75) is 19.4 Å². The molecule has 17 heavy (non-hydrogen) atoms. The molecule has 0 fully saturated rings. The van der Waals surface area contributed by atoms with Crippen molar-refractivity contribution in [1.82, 2.24) is 5.32 Å². The molecule has 0 spiro atoms. The van der Waals surface area contributed by atoms with E-state index in [1.807, 2.05) is 0 Å². The standard InChI is InChI=1S/C12H15F2NO2/c1-4-17-11(16)12(2,15-3)8-5-6-9(13)10(14)7-8/h5-7,15H,4H2,1-3H3. The number of rotatable bonds is 4. The molecule has 1 N–H and O–H groups in total. The Balaban J connectivity index is 3.15. The van der Waals surface area contributed by atoms with Crippen molar-refractivity contribution >= 4 is 5.97 Å². The second-order valence-corrected chi connectivity index (χ2v) is 3.72. The molecular weight excluding hydrogens is 228 g/mol. The van der Waals surface area contributed by atoms with Crippen LogP contribution in [0.25, 0.3) is 0 Å². The summed E-state index contributed by atoms with van der Waals surface area (Å²) in [6.45, 7) is 3.46. The highest BCUT2D eigenvalue weighted by atomic mass is 19.2. The number of benzene rings is 1. The van der Waals surface area contributed by atoms with Crippen molar-refractivity contribution in [3.63, 3.8) is 0 Å².